The number of carboxylic acid groups (broad SMARTS) is 1. The van der Waals surface area contributed by atoms with Crippen molar-refractivity contribution in [1.82, 2.24) is 20.0 Å². The second kappa shape index (κ2) is 5.52. The minimum absolute atomic E-state index is 0.297. The van der Waals surface area contributed by atoms with E-state index in [1.807, 2.05) is 6.07 Å². The quantitative estimate of drug-likeness (QED) is 0.863. The molecule has 0 spiro atoms. The Balaban J connectivity index is 2.01. The average Bonchev–Trinajstić information content (AvgIpc) is 2.82. The van der Waals surface area contributed by atoms with Crippen LogP contribution in [-0.4, -0.2) is 43.9 Å². The van der Waals surface area contributed by atoms with Gasteiger partial charge < -0.3 is 15.3 Å². The zero-order valence-electron chi connectivity index (χ0n) is 11.8. The smallest absolute Gasteiger partial charge is 0.329 e. The standard InChI is InChI=1S/C13H20N4O3/c1-13(11(18)19)6-3-4-7-17(13)12(20)14-9-10-5-8-16(2)15-10/h5,8H,3-4,6-7,9H2,1-2H3,(H,14,20)(H,18,19). The van der Waals surface area contributed by atoms with Crippen LogP contribution in [0.2, 0.25) is 0 Å². The Morgan fingerprint density at radius 2 is 2.25 bits per heavy atom. The predicted molar refractivity (Wildman–Crippen MR) is 72.0 cm³/mol. The molecule has 1 saturated heterocycles. The number of carbonyl (C=O) groups excluding carboxylic acids is 1. The summed E-state index contributed by atoms with van der Waals surface area (Å²) < 4.78 is 1.66. The third-order valence-corrected chi connectivity index (χ3v) is 3.79. The molecule has 20 heavy (non-hydrogen) atoms. The maximum Gasteiger partial charge on any atom is 0.329 e. The molecule has 110 valence electrons. The lowest BCUT2D eigenvalue weighted by atomic mass is 9.89. The van der Waals surface area contributed by atoms with Gasteiger partial charge in [0, 0.05) is 19.8 Å². The van der Waals surface area contributed by atoms with Gasteiger partial charge in [0.2, 0.25) is 0 Å². The first-order chi connectivity index (χ1) is 9.43. The van der Waals surface area contributed by atoms with Crippen molar-refractivity contribution < 1.29 is 14.7 Å². The van der Waals surface area contributed by atoms with E-state index in [0.29, 0.717) is 19.5 Å². The topological polar surface area (TPSA) is 87.5 Å². The molecule has 1 aliphatic rings. The fraction of sp³-hybridized carbons (Fsp3) is 0.615. The van der Waals surface area contributed by atoms with Crippen LogP contribution in [0, 0.1) is 0 Å². The molecule has 7 nitrogen and oxygen atoms in total. The van der Waals surface area contributed by atoms with Crippen molar-refractivity contribution in [2.24, 2.45) is 7.05 Å². The van der Waals surface area contributed by atoms with Crippen LogP contribution in [0.25, 0.3) is 0 Å². The Hall–Kier alpha value is -2.05. The SMILES string of the molecule is Cn1ccc(CNC(=O)N2CCCCC2(C)C(=O)O)n1. The maximum atomic E-state index is 12.2. The van der Waals surface area contributed by atoms with Gasteiger partial charge in [0.25, 0.3) is 0 Å². The van der Waals surface area contributed by atoms with Gasteiger partial charge >= 0.3 is 12.0 Å². The van der Waals surface area contributed by atoms with Crippen LogP contribution in [0.4, 0.5) is 4.79 Å². The fourth-order valence-corrected chi connectivity index (χ4v) is 2.49. The fourth-order valence-electron chi connectivity index (χ4n) is 2.49. The Bertz CT molecular complexity index is 513. The van der Waals surface area contributed by atoms with E-state index in [-0.39, 0.29) is 6.03 Å². The molecule has 0 radical (unpaired) electrons. The maximum absolute atomic E-state index is 12.2. The van der Waals surface area contributed by atoms with Gasteiger partial charge in [-0.3, -0.25) is 4.68 Å². The third kappa shape index (κ3) is 2.76. The first-order valence-corrected chi connectivity index (χ1v) is 6.71. The number of carboxylic acids is 1. The van der Waals surface area contributed by atoms with E-state index >= 15 is 0 Å². The number of aromatic nitrogens is 2. The number of hydrogen-bond acceptors (Lipinski definition) is 3. The first kappa shape index (κ1) is 14.4. The highest BCUT2D eigenvalue weighted by atomic mass is 16.4. The Morgan fingerprint density at radius 1 is 1.50 bits per heavy atom. The molecule has 1 fully saturated rings. The summed E-state index contributed by atoms with van der Waals surface area (Å²) in [5.41, 5.74) is -0.373. The van der Waals surface area contributed by atoms with Crippen LogP contribution in [0.1, 0.15) is 31.9 Å². The summed E-state index contributed by atoms with van der Waals surface area (Å²) in [6, 6.07) is 1.47. The minimum atomic E-state index is -1.12. The molecule has 2 N–H and O–H groups in total. The van der Waals surface area contributed by atoms with E-state index in [4.69, 9.17) is 0 Å². The summed E-state index contributed by atoms with van der Waals surface area (Å²) in [6.07, 6.45) is 3.94. The number of nitrogens with one attached hydrogen (secondary N) is 1. The van der Waals surface area contributed by atoms with E-state index in [1.54, 1.807) is 24.9 Å². The lowest BCUT2D eigenvalue weighted by molar-refractivity contribution is -0.150. The van der Waals surface area contributed by atoms with Crippen LogP contribution >= 0.6 is 0 Å². The van der Waals surface area contributed by atoms with Gasteiger partial charge in [-0.15, -0.1) is 0 Å². The highest BCUT2D eigenvalue weighted by molar-refractivity contribution is 5.86. The summed E-state index contributed by atoms with van der Waals surface area (Å²) in [7, 11) is 1.80. The molecule has 7 heteroatoms. The number of carbonyl (C=O) groups is 2. The summed E-state index contributed by atoms with van der Waals surface area (Å²) in [5, 5.41) is 16.3. The van der Waals surface area contributed by atoms with Gasteiger partial charge in [-0.25, -0.2) is 9.59 Å². The molecular weight excluding hydrogens is 260 g/mol. The number of hydrogen-bond donors (Lipinski definition) is 2. The van der Waals surface area contributed by atoms with Crippen molar-refractivity contribution in [2.75, 3.05) is 6.54 Å². The highest BCUT2D eigenvalue weighted by Crippen LogP contribution is 2.28. The van der Waals surface area contributed by atoms with E-state index in [2.05, 4.69) is 10.4 Å². The molecular formula is C13H20N4O3. The van der Waals surface area contributed by atoms with Crippen LogP contribution in [-0.2, 0) is 18.4 Å². The molecule has 1 atom stereocenters. The van der Waals surface area contributed by atoms with E-state index < -0.39 is 11.5 Å². The molecule has 0 bridgehead atoms. The summed E-state index contributed by atoms with van der Waals surface area (Å²) >= 11 is 0. The van der Waals surface area contributed by atoms with Crippen LogP contribution in [0.5, 0.6) is 0 Å². The summed E-state index contributed by atoms with van der Waals surface area (Å²) in [5.74, 6) is -0.954. The first-order valence-electron chi connectivity index (χ1n) is 6.71. The molecule has 0 aromatic carbocycles. The molecule has 1 aromatic rings. The Morgan fingerprint density at radius 3 is 2.85 bits per heavy atom. The zero-order chi connectivity index (χ0) is 14.8. The molecule has 1 aromatic heterocycles. The van der Waals surface area contributed by atoms with Crippen molar-refractivity contribution in [3.05, 3.63) is 18.0 Å². The van der Waals surface area contributed by atoms with Gasteiger partial charge in [0.1, 0.15) is 5.54 Å². The molecule has 1 unspecified atom stereocenters. The van der Waals surface area contributed by atoms with Crippen molar-refractivity contribution >= 4 is 12.0 Å². The monoisotopic (exact) mass is 280 g/mol. The van der Waals surface area contributed by atoms with Gasteiger partial charge in [0.05, 0.1) is 12.2 Å². The normalized spacial score (nSPS) is 22.6. The number of rotatable bonds is 3. The van der Waals surface area contributed by atoms with E-state index in [0.717, 1.165) is 18.5 Å². The molecule has 2 amide bonds. The summed E-state index contributed by atoms with van der Waals surface area (Å²) in [6.45, 7) is 2.37. The van der Waals surface area contributed by atoms with Gasteiger partial charge in [-0.05, 0) is 32.3 Å². The lowest BCUT2D eigenvalue weighted by Gasteiger charge is -2.41. The highest BCUT2D eigenvalue weighted by Gasteiger charge is 2.43. The number of urea groups is 1. The minimum Gasteiger partial charge on any atom is -0.480 e. The number of likely N-dealkylation sites (tertiary alicyclic amines) is 1. The van der Waals surface area contributed by atoms with Gasteiger partial charge in [-0.1, -0.05) is 0 Å². The molecule has 1 aliphatic heterocycles. The number of aryl methyl sites for hydroxylation is 1. The number of aliphatic carboxylic acids is 1. The Labute approximate surface area is 117 Å². The lowest BCUT2D eigenvalue weighted by Crippen LogP contribution is -2.59. The molecule has 2 rings (SSSR count). The van der Waals surface area contributed by atoms with Crippen molar-refractivity contribution in [1.29, 1.82) is 0 Å². The van der Waals surface area contributed by atoms with E-state index in [9.17, 15) is 14.7 Å². The second-order valence-electron chi connectivity index (χ2n) is 5.33. The molecule has 2 heterocycles. The van der Waals surface area contributed by atoms with Crippen molar-refractivity contribution in [2.45, 2.75) is 38.3 Å². The van der Waals surface area contributed by atoms with Gasteiger partial charge in [-0.2, -0.15) is 5.10 Å². The molecule has 0 saturated carbocycles. The second-order valence-corrected chi connectivity index (χ2v) is 5.33. The zero-order valence-corrected chi connectivity index (χ0v) is 11.8. The third-order valence-electron chi connectivity index (χ3n) is 3.79. The Kier molecular flexibility index (Phi) is 3.96. The van der Waals surface area contributed by atoms with Crippen LogP contribution in [0.3, 0.4) is 0 Å². The predicted octanol–water partition coefficient (Wildman–Crippen LogP) is 0.959. The van der Waals surface area contributed by atoms with Crippen LogP contribution < -0.4 is 5.32 Å². The van der Waals surface area contributed by atoms with Crippen molar-refractivity contribution in [3.8, 4) is 0 Å². The summed E-state index contributed by atoms with van der Waals surface area (Å²) in [4.78, 5) is 25.1. The largest absolute Gasteiger partial charge is 0.480 e. The molecule has 0 aliphatic carbocycles. The number of nitrogens with zero attached hydrogens (tertiary/aromatic N) is 3. The average molecular weight is 280 g/mol. The van der Waals surface area contributed by atoms with Gasteiger partial charge in [0.15, 0.2) is 0 Å². The van der Waals surface area contributed by atoms with E-state index in [1.165, 1.54) is 4.90 Å². The number of piperidine rings is 1. The van der Waals surface area contributed by atoms with Crippen molar-refractivity contribution in [3.63, 3.8) is 0 Å². The number of amides is 2. The van der Waals surface area contributed by atoms with Crippen LogP contribution in [0.15, 0.2) is 12.3 Å².